The van der Waals surface area contributed by atoms with Crippen molar-refractivity contribution >= 4 is 16.9 Å². The first kappa shape index (κ1) is 17.0. The van der Waals surface area contributed by atoms with Crippen LogP contribution in [0, 0.1) is 11.6 Å². The second-order valence-electron chi connectivity index (χ2n) is 5.71. The minimum atomic E-state index is -0.475. The topological polar surface area (TPSA) is 49.6 Å². The summed E-state index contributed by atoms with van der Waals surface area (Å²) in [5, 5.41) is 7.18. The van der Waals surface area contributed by atoms with Gasteiger partial charge in [0.15, 0.2) is 5.96 Å². The summed E-state index contributed by atoms with van der Waals surface area (Å²) in [5.41, 5.74) is 1.05. The van der Waals surface area contributed by atoms with Crippen LogP contribution in [-0.4, -0.2) is 13.0 Å². The standard InChI is InChI=1S/C19H19F2N3O/c1-12(18-10-13-5-3-4-6-17(13)25-18)24-19(22-2)23-11-14-9-15(20)7-8-16(14)21/h3-10,12H,11H2,1-2H3,(H2,22,23,24). The predicted molar refractivity (Wildman–Crippen MR) is 94.3 cm³/mol. The molecule has 0 saturated heterocycles. The van der Waals surface area contributed by atoms with Gasteiger partial charge in [0.25, 0.3) is 0 Å². The summed E-state index contributed by atoms with van der Waals surface area (Å²) in [6.07, 6.45) is 0. The van der Waals surface area contributed by atoms with E-state index in [2.05, 4.69) is 15.6 Å². The summed E-state index contributed by atoms with van der Waals surface area (Å²) in [7, 11) is 1.61. The van der Waals surface area contributed by atoms with Gasteiger partial charge >= 0.3 is 0 Å². The van der Waals surface area contributed by atoms with Crippen LogP contribution in [0.3, 0.4) is 0 Å². The summed E-state index contributed by atoms with van der Waals surface area (Å²) in [6.45, 7) is 2.06. The highest BCUT2D eigenvalue weighted by atomic mass is 19.1. The molecule has 1 heterocycles. The Morgan fingerprint density at radius 1 is 1.16 bits per heavy atom. The van der Waals surface area contributed by atoms with Gasteiger partial charge in [0, 0.05) is 24.5 Å². The zero-order chi connectivity index (χ0) is 17.8. The molecule has 130 valence electrons. The fraction of sp³-hybridized carbons (Fsp3) is 0.211. The molecule has 3 rings (SSSR count). The number of aliphatic imine (C=N–C) groups is 1. The van der Waals surface area contributed by atoms with Crippen molar-refractivity contribution in [2.24, 2.45) is 4.99 Å². The van der Waals surface area contributed by atoms with Gasteiger partial charge in [0.2, 0.25) is 0 Å². The number of para-hydroxylation sites is 1. The normalized spacial score (nSPS) is 13.0. The van der Waals surface area contributed by atoms with E-state index >= 15 is 0 Å². The Morgan fingerprint density at radius 2 is 1.96 bits per heavy atom. The quantitative estimate of drug-likeness (QED) is 0.553. The molecule has 0 aliphatic heterocycles. The van der Waals surface area contributed by atoms with E-state index in [1.807, 2.05) is 37.3 Å². The lowest BCUT2D eigenvalue weighted by atomic mass is 10.2. The number of furan rings is 1. The number of hydrogen-bond donors (Lipinski definition) is 2. The van der Waals surface area contributed by atoms with Crippen molar-refractivity contribution in [2.75, 3.05) is 7.05 Å². The van der Waals surface area contributed by atoms with E-state index in [9.17, 15) is 8.78 Å². The zero-order valence-electron chi connectivity index (χ0n) is 14.0. The number of halogens is 2. The van der Waals surface area contributed by atoms with E-state index in [4.69, 9.17) is 4.42 Å². The highest BCUT2D eigenvalue weighted by molar-refractivity contribution is 5.81. The van der Waals surface area contributed by atoms with Gasteiger partial charge in [-0.05, 0) is 37.3 Å². The smallest absolute Gasteiger partial charge is 0.191 e. The van der Waals surface area contributed by atoms with Crippen molar-refractivity contribution < 1.29 is 13.2 Å². The van der Waals surface area contributed by atoms with Crippen LogP contribution < -0.4 is 10.6 Å². The second kappa shape index (κ2) is 7.34. The Hall–Kier alpha value is -2.89. The molecule has 3 aromatic rings. The van der Waals surface area contributed by atoms with Gasteiger partial charge < -0.3 is 15.1 Å². The lowest BCUT2D eigenvalue weighted by Gasteiger charge is -2.16. The molecule has 0 fully saturated rings. The van der Waals surface area contributed by atoms with Gasteiger partial charge in [-0.1, -0.05) is 18.2 Å². The van der Waals surface area contributed by atoms with Gasteiger partial charge in [-0.2, -0.15) is 0 Å². The van der Waals surface area contributed by atoms with E-state index in [1.54, 1.807) is 7.05 Å². The van der Waals surface area contributed by atoms with Crippen LogP contribution in [0.15, 0.2) is 57.9 Å². The average molecular weight is 343 g/mol. The van der Waals surface area contributed by atoms with Crippen LogP contribution >= 0.6 is 0 Å². The first-order valence-electron chi connectivity index (χ1n) is 7.96. The van der Waals surface area contributed by atoms with Crippen molar-refractivity contribution in [1.82, 2.24) is 10.6 Å². The maximum atomic E-state index is 13.7. The highest BCUT2D eigenvalue weighted by Gasteiger charge is 2.13. The summed E-state index contributed by atoms with van der Waals surface area (Å²) in [4.78, 5) is 4.11. The molecule has 0 aliphatic rings. The van der Waals surface area contributed by atoms with Crippen LogP contribution in [0.5, 0.6) is 0 Å². The van der Waals surface area contributed by atoms with Crippen molar-refractivity contribution in [1.29, 1.82) is 0 Å². The van der Waals surface area contributed by atoms with E-state index < -0.39 is 11.6 Å². The van der Waals surface area contributed by atoms with Crippen molar-refractivity contribution in [3.63, 3.8) is 0 Å². The number of hydrogen-bond acceptors (Lipinski definition) is 2. The Balaban J connectivity index is 1.66. The Morgan fingerprint density at radius 3 is 2.72 bits per heavy atom. The number of nitrogens with one attached hydrogen (secondary N) is 2. The molecule has 0 amide bonds. The average Bonchev–Trinajstić information content (AvgIpc) is 3.05. The first-order valence-corrected chi connectivity index (χ1v) is 7.96. The molecule has 0 bridgehead atoms. The van der Waals surface area contributed by atoms with E-state index in [0.29, 0.717) is 5.96 Å². The summed E-state index contributed by atoms with van der Waals surface area (Å²) >= 11 is 0. The third-order valence-corrected chi connectivity index (χ3v) is 3.90. The number of guanidine groups is 1. The van der Waals surface area contributed by atoms with E-state index in [1.165, 1.54) is 0 Å². The molecule has 2 N–H and O–H groups in total. The molecule has 25 heavy (non-hydrogen) atoms. The second-order valence-corrected chi connectivity index (χ2v) is 5.71. The van der Waals surface area contributed by atoms with Crippen LogP contribution in [0.2, 0.25) is 0 Å². The summed E-state index contributed by atoms with van der Waals surface area (Å²) in [5.74, 6) is 0.296. The maximum Gasteiger partial charge on any atom is 0.191 e. The SMILES string of the molecule is CN=C(NCc1cc(F)ccc1F)NC(C)c1cc2ccccc2o1. The number of benzene rings is 2. The van der Waals surface area contributed by atoms with Gasteiger partial charge in [-0.3, -0.25) is 4.99 Å². The van der Waals surface area contributed by atoms with Crippen LogP contribution in [0.25, 0.3) is 11.0 Å². The third-order valence-electron chi connectivity index (χ3n) is 3.90. The molecule has 4 nitrogen and oxygen atoms in total. The molecule has 0 saturated carbocycles. The molecule has 1 atom stereocenters. The Bertz CT molecular complexity index is 872. The van der Waals surface area contributed by atoms with Crippen molar-refractivity contribution in [2.45, 2.75) is 19.5 Å². The molecular formula is C19H19F2N3O. The molecule has 0 spiro atoms. The van der Waals surface area contributed by atoms with Gasteiger partial charge in [0.1, 0.15) is 23.0 Å². The molecule has 0 radical (unpaired) electrons. The fourth-order valence-corrected chi connectivity index (χ4v) is 2.54. The minimum absolute atomic E-state index is 0.121. The van der Waals surface area contributed by atoms with Crippen molar-refractivity contribution in [3.8, 4) is 0 Å². The van der Waals surface area contributed by atoms with E-state index in [-0.39, 0.29) is 18.2 Å². The molecule has 1 aromatic heterocycles. The van der Waals surface area contributed by atoms with Gasteiger partial charge in [-0.15, -0.1) is 0 Å². The van der Waals surface area contributed by atoms with Crippen LogP contribution in [-0.2, 0) is 6.54 Å². The molecular weight excluding hydrogens is 324 g/mol. The highest BCUT2D eigenvalue weighted by Crippen LogP contribution is 2.23. The Labute approximate surface area is 144 Å². The van der Waals surface area contributed by atoms with Gasteiger partial charge in [-0.25, -0.2) is 8.78 Å². The lowest BCUT2D eigenvalue weighted by molar-refractivity contribution is 0.488. The first-order chi connectivity index (χ1) is 12.1. The molecule has 0 aliphatic carbocycles. The third kappa shape index (κ3) is 3.96. The number of fused-ring (bicyclic) bond motifs is 1. The zero-order valence-corrected chi connectivity index (χ0v) is 14.0. The molecule has 6 heteroatoms. The molecule has 1 unspecified atom stereocenters. The fourth-order valence-electron chi connectivity index (χ4n) is 2.54. The Kier molecular flexibility index (Phi) is 4.97. The predicted octanol–water partition coefficient (Wildman–Crippen LogP) is 4.14. The maximum absolute atomic E-state index is 13.7. The monoisotopic (exact) mass is 343 g/mol. The number of rotatable bonds is 4. The van der Waals surface area contributed by atoms with Crippen molar-refractivity contribution in [3.05, 3.63) is 71.5 Å². The minimum Gasteiger partial charge on any atom is -0.459 e. The number of nitrogens with zero attached hydrogens (tertiary/aromatic N) is 1. The summed E-state index contributed by atoms with van der Waals surface area (Å²) in [6, 6.07) is 13.0. The van der Waals surface area contributed by atoms with Gasteiger partial charge in [0.05, 0.1) is 6.04 Å². The summed E-state index contributed by atoms with van der Waals surface area (Å²) < 4.78 is 32.7. The lowest BCUT2D eigenvalue weighted by Crippen LogP contribution is -2.38. The van der Waals surface area contributed by atoms with E-state index in [0.717, 1.165) is 34.9 Å². The van der Waals surface area contributed by atoms with Crippen LogP contribution in [0.4, 0.5) is 8.78 Å². The van der Waals surface area contributed by atoms with Crippen LogP contribution in [0.1, 0.15) is 24.3 Å². The molecule has 2 aromatic carbocycles. The largest absolute Gasteiger partial charge is 0.459 e.